The molecule has 0 amide bonds. The normalized spacial score (nSPS) is 19.1. The van der Waals surface area contributed by atoms with Crippen molar-refractivity contribution in [3.8, 4) is 11.1 Å². The number of fused-ring (bicyclic) bond motifs is 1. The van der Waals surface area contributed by atoms with Crippen LogP contribution >= 0.6 is 0 Å². The van der Waals surface area contributed by atoms with Crippen molar-refractivity contribution < 1.29 is 0 Å². The van der Waals surface area contributed by atoms with Gasteiger partial charge < -0.3 is 20.9 Å². The van der Waals surface area contributed by atoms with Gasteiger partial charge in [-0.15, -0.1) is 0 Å². The molecular formula is C28H35N7. The van der Waals surface area contributed by atoms with E-state index in [4.69, 9.17) is 15.7 Å². The average Bonchev–Trinajstić information content (AvgIpc) is 3.31. The van der Waals surface area contributed by atoms with Gasteiger partial charge in [0.15, 0.2) is 17.0 Å². The van der Waals surface area contributed by atoms with E-state index in [2.05, 4.69) is 89.5 Å². The minimum Gasteiger partial charge on any atom is -0.362 e. The van der Waals surface area contributed by atoms with Crippen LogP contribution in [0.25, 0.3) is 22.3 Å². The zero-order chi connectivity index (χ0) is 24.4. The van der Waals surface area contributed by atoms with Crippen LogP contribution < -0.4 is 16.4 Å². The summed E-state index contributed by atoms with van der Waals surface area (Å²) in [4.78, 5) is 14.4. The van der Waals surface area contributed by atoms with Gasteiger partial charge in [0.05, 0.1) is 12.4 Å². The van der Waals surface area contributed by atoms with E-state index in [1.165, 1.54) is 16.7 Å². The summed E-state index contributed by atoms with van der Waals surface area (Å²) < 4.78 is 2.10. The van der Waals surface area contributed by atoms with Gasteiger partial charge in [0, 0.05) is 18.1 Å². The number of benzene rings is 2. The topological polar surface area (TPSA) is 93.7 Å². The molecule has 0 radical (unpaired) electrons. The number of imidazole rings is 1. The summed E-state index contributed by atoms with van der Waals surface area (Å²) in [7, 11) is 0. The lowest BCUT2D eigenvalue weighted by Gasteiger charge is -2.27. The quantitative estimate of drug-likeness (QED) is 0.311. The van der Waals surface area contributed by atoms with Crippen LogP contribution in [0.15, 0.2) is 60.9 Å². The van der Waals surface area contributed by atoms with Gasteiger partial charge in [-0.3, -0.25) is 0 Å². The summed E-state index contributed by atoms with van der Waals surface area (Å²) >= 11 is 0. The Kier molecular flexibility index (Phi) is 6.68. The summed E-state index contributed by atoms with van der Waals surface area (Å²) in [6, 6.07) is 20.1. The van der Waals surface area contributed by atoms with Crippen LogP contribution in [0.2, 0.25) is 0 Å². The second-order valence-electron chi connectivity index (χ2n) is 9.92. The Labute approximate surface area is 207 Å². The Bertz CT molecular complexity index is 1260. The van der Waals surface area contributed by atoms with Gasteiger partial charge in [0.2, 0.25) is 5.95 Å². The van der Waals surface area contributed by atoms with E-state index in [1.54, 1.807) is 0 Å². The average molecular weight is 470 g/mol. The van der Waals surface area contributed by atoms with Gasteiger partial charge in [-0.25, -0.2) is 4.98 Å². The summed E-state index contributed by atoms with van der Waals surface area (Å²) in [5, 5.41) is 7.18. The number of hydrogen-bond donors (Lipinski definition) is 3. The minimum absolute atomic E-state index is 0.0580. The molecule has 5 rings (SSSR count). The van der Waals surface area contributed by atoms with Crippen LogP contribution in [0.3, 0.4) is 0 Å². The van der Waals surface area contributed by atoms with Crippen molar-refractivity contribution in [2.24, 2.45) is 5.73 Å². The van der Waals surface area contributed by atoms with E-state index in [1.807, 2.05) is 12.4 Å². The summed E-state index contributed by atoms with van der Waals surface area (Å²) in [5.74, 6) is 1.40. The van der Waals surface area contributed by atoms with Crippen molar-refractivity contribution in [1.82, 2.24) is 19.5 Å². The van der Waals surface area contributed by atoms with Crippen LogP contribution in [0.4, 0.5) is 11.8 Å². The number of nitrogens with two attached hydrogens (primary N) is 1. The van der Waals surface area contributed by atoms with Crippen LogP contribution in [0, 0.1) is 0 Å². The molecule has 7 heteroatoms. The number of nitrogens with zero attached hydrogens (tertiary/aromatic N) is 4. The molecular weight excluding hydrogens is 434 g/mol. The molecule has 7 nitrogen and oxygen atoms in total. The first kappa shape index (κ1) is 23.3. The minimum atomic E-state index is 0.0580. The van der Waals surface area contributed by atoms with Gasteiger partial charge in [0.25, 0.3) is 0 Å². The smallest absolute Gasteiger partial charge is 0.227 e. The molecule has 2 heterocycles. The first-order valence-electron chi connectivity index (χ1n) is 12.7. The highest BCUT2D eigenvalue weighted by Gasteiger charge is 2.22. The fraction of sp³-hybridized carbons (Fsp3) is 0.393. The molecule has 0 bridgehead atoms. The summed E-state index contributed by atoms with van der Waals surface area (Å²) in [6.45, 7) is 6.44. The van der Waals surface area contributed by atoms with Crippen molar-refractivity contribution in [2.45, 2.75) is 70.6 Å². The molecule has 0 saturated heterocycles. The number of hydrogen-bond acceptors (Lipinski definition) is 6. The number of rotatable bonds is 7. The maximum Gasteiger partial charge on any atom is 0.227 e. The Morgan fingerprint density at radius 1 is 0.886 bits per heavy atom. The molecule has 1 saturated carbocycles. The second-order valence-corrected chi connectivity index (χ2v) is 9.92. The molecule has 2 aromatic heterocycles. The number of nitrogens with one attached hydrogen (secondary N) is 2. The highest BCUT2D eigenvalue weighted by Crippen LogP contribution is 2.29. The van der Waals surface area contributed by atoms with Crippen LogP contribution in [-0.2, 0) is 0 Å². The number of aromatic nitrogens is 4. The summed E-state index contributed by atoms with van der Waals surface area (Å²) in [5.41, 5.74) is 11.4. The van der Waals surface area contributed by atoms with Crippen molar-refractivity contribution in [1.29, 1.82) is 0 Å². The standard InChI is InChI=1S/C28H35N7/c1-18(2)35-17-30-25-26(33-28(34-27(25)35)32-24-15-13-23(29)14-16-24)31-19(3)20-9-11-22(12-10-20)21-7-5-4-6-8-21/h4-12,17-19,23-24H,13-16,29H2,1-3H3,(H2,31,32,33,34). The molecule has 1 unspecified atom stereocenters. The lowest BCUT2D eigenvalue weighted by molar-refractivity contribution is 0.410. The Morgan fingerprint density at radius 3 is 2.26 bits per heavy atom. The molecule has 182 valence electrons. The van der Waals surface area contributed by atoms with Crippen molar-refractivity contribution in [3.05, 3.63) is 66.5 Å². The molecule has 1 aliphatic carbocycles. The van der Waals surface area contributed by atoms with Crippen molar-refractivity contribution in [2.75, 3.05) is 10.6 Å². The van der Waals surface area contributed by atoms with E-state index < -0.39 is 0 Å². The molecule has 1 fully saturated rings. The third kappa shape index (κ3) is 5.15. The van der Waals surface area contributed by atoms with Gasteiger partial charge in [-0.05, 0) is 63.1 Å². The first-order chi connectivity index (χ1) is 17.0. The Morgan fingerprint density at radius 2 is 1.57 bits per heavy atom. The van der Waals surface area contributed by atoms with Crippen LogP contribution in [-0.4, -0.2) is 31.6 Å². The lowest BCUT2D eigenvalue weighted by atomic mass is 9.92. The molecule has 1 atom stereocenters. The fourth-order valence-electron chi connectivity index (χ4n) is 4.79. The van der Waals surface area contributed by atoms with E-state index in [9.17, 15) is 0 Å². The fourth-order valence-corrected chi connectivity index (χ4v) is 4.79. The third-order valence-corrected chi connectivity index (χ3v) is 6.95. The van der Waals surface area contributed by atoms with Crippen molar-refractivity contribution >= 4 is 22.9 Å². The number of anilines is 2. The monoisotopic (exact) mass is 469 g/mol. The van der Waals surface area contributed by atoms with E-state index in [-0.39, 0.29) is 12.1 Å². The predicted octanol–water partition coefficient (Wildman–Crippen LogP) is 5.93. The molecule has 0 aliphatic heterocycles. The molecule has 2 aromatic carbocycles. The zero-order valence-electron chi connectivity index (χ0n) is 20.8. The van der Waals surface area contributed by atoms with E-state index in [0.717, 1.165) is 42.7 Å². The van der Waals surface area contributed by atoms with E-state index >= 15 is 0 Å². The molecule has 4 N–H and O–H groups in total. The van der Waals surface area contributed by atoms with Gasteiger partial charge in [0.1, 0.15) is 0 Å². The maximum absolute atomic E-state index is 6.10. The molecule has 4 aromatic rings. The first-order valence-corrected chi connectivity index (χ1v) is 12.7. The van der Waals surface area contributed by atoms with Crippen LogP contribution in [0.1, 0.15) is 64.1 Å². The molecule has 35 heavy (non-hydrogen) atoms. The van der Waals surface area contributed by atoms with Gasteiger partial charge in [-0.1, -0.05) is 54.6 Å². The highest BCUT2D eigenvalue weighted by atomic mass is 15.2. The van der Waals surface area contributed by atoms with Gasteiger partial charge >= 0.3 is 0 Å². The zero-order valence-corrected chi connectivity index (χ0v) is 20.8. The Hall–Kier alpha value is -3.45. The second kappa shape index (κ2) is 10.0. The van der Waals surface area contributed by atoms with Gasteiger partial charge in [-0.2, -0.15) is 9.97 Å². The van der Waals surface area contributed by atoms with E-state index in [0.29, 0.717) is 18.0 Å². The van der Waals surface area contributed by atoms with Crippen LogP contribution in [0.5, 0.6) is 0 Å². The maximum atomic E-state index is 6.10. The predicted molar refractivity (Wildman–Crippen MR) is 143 cm³/mol. The summed E-state index contributed by atoms with van der Waals surface area (Å²) in [6.07, 6.45) is 6.01. The highest BCUT2D eigenvalue weighted by molar-refractivity contribution is 5.84. The SMILES string of the molecule is CC(Nc1nc(NC2CCC(N)CC2)nc2c1ncn2C(C)C)c1ccc(-c2ccccc2)cc1. The molecule has 0 spiro atoms. The van der Waals surface area contributed by atoms with Crippen molar-refractivity contribution in [3.63, 3.8) is 0 Å². The molecule has 1 aliphatic rings. The Balaban J connectivity index is 1.41. The lowest BCUT2D eigenvalue weighted by Crippen LogP contribution is -2.33. The third-order valence-electron chi connectivity index (χ3n) is 6.95. The largest absolute Gasteiger partial charge is 0.362 e.